The van der Waals surface area contributed by atoms with E-state index in [0.717, 1.165) is 49.3 Å². The van der Waals surface area contributed by atoms with E-state index in [-0.39, 0.29) is 0 Å². The standard InChI is InChI=1S/C15H27N5/c1-4-7-16-14-9-15(19-13(5-2)18-14)17-10-12-6-8-20(3)11-12/h9,12H,4-8,10-11H2,1-3H3,(H2,16,17,18,19). The molecule has 2 rings (SSSR count). The van der Waals surface area contributed by atoms with Gasteiger partial charge in [-0.2, -0.15) is 0 Å². The molecule has 0 saturated carbocycles. The summed E-state index contributed by atoms with van der Waals surface area (Å²) in [6.07, 6.45) is 3.24. The van der Waals surface area contributed by atoms with Gasteiger partial charge in [0.05, 0.1) is 0 Å². The first kappa shape index (κ1) is 15.0. The molecule has 1 atom stereocenters. The number of hydrogen-bond acceptors (Lipinski definition) is 5. The second-order valence-electron chi connectivity index (χ2n) is 5.63. The summed E-state index contributed by atoms with van der Waals surface area (Å²) in [6.45, 7) is 8.59. The van der Waals surface area contributed by atoms with Gasteiger partial charge in [-0.3, -0.25) is 0 Å². The van der Waals surface area contributed by atoms with E-state index < -0.39 is 0 Å². The van der Waals surface area contributed by atoms with Gasteiger partial charge in [0.25, 0.3) is 0 Å². The van der Waals surface area contributed by atoms with Crippen LogP contribution in [0.15, 0.2) is 6.07 Å². The first-order chi connectivity index (χ1) is 9.71. The van der Waals surface area contributed by atoms with Crippen molar-refractivity contribution < 1.29 is 0 Å². The highest BCUT2D eigenvalue weighted by Gasteiger charge is 2.19. The lowest BCUT2D eigenvalue weighted by Crippen LogP contribution is -2.20. The van der Waals surface area contributed by atoms with Crippen LogP contribution in [0.2, 0.25) is 0 Å². The number of likely N-dealkylation sites (tertiary alicyclic amines) is 1. The van der Waals surface area contributed by atoms with E-state index in [2.05, 4.69) is 46.4 Å². The highest BCUT2D eigenvalue weighted by atomic mass is 15.1. The van der Waals surface area contributed by atoms with Crippen molar-refractivity contribution in [3.63, 3.8) is 0 Å². The molecular weight excluding hydrogens is 250 g/mol. The fraction of sp³-hybridized carbons (Fsp3) is 0.733. The summed E-state index contributed by atoms with van der Waals surface area (Å²) in [5.74, 6) is 3.51. The Kier molecular flexibility index (Phi) is 5.59. The van der Waals surface area contributed by atoms with E-state index in [0.29, 0.717) is 0 Å². The van der Waals surface area contributed by atoms with Gasteiger partial charge in [0, 0.05) is 32.1 Å². The molecule has 0 aliphatic carbocycles. The van der Waals surface area contributed by atoms with Crippen LogP contribution in [-0.2, 0) is 6.42 Å². The third-order valence-corrected chi connectivity index (χ3v) is 3.71. The molecule has 0 radical (unpaired) electrons. The Morgan fingerprint density at radius 3 is 2.60 bits per heavy atom. The van der Waals surface area contributed by atoms with Crippen molar-refractivity contribution >= 4 is 11.6 Å². The molecule has 5 nitrogen and oxygen atoms in total. The van der Waals surface area contributed by atoms with E-state index in [1.54, 1.807) is 0 Å². The van der Waals surface area contributed by atoms with Crippen LogP contribution in [0.25, 0.3) is 0 Å². The Bertz CT molecular complexity index is 421. The Morgan fingerprint density at radius 1 is 1.25 bits per heavy atom. The molecule has 1 fully saturated rings. The van der Waals surface area contributed by atoms with Crippen molar-refractivity contribution in [1.82, 2.24) is 14.9 Å². The summed E-state index contributed by atoms with van der Waals surface area (Å²) < 4.78 is 0. The number of nitrogens with zero attached hydrogens (tertiary/aromatic N) is 3. The van der Waals surface area contributed by atoms with Crippen molar-refractivity contribution in [2.75, 3.05) is 43.9 Å². The maximum Gasteiger partial charge on any atom is 0.132 e. The average Bonchev–Trinajstić information content (AvgIpc) is 2.88. The van der Waals surface area contributed by atoms with Gasteiger partial charge in [-0.25, -0.2) is 9.97 Å². The lowest BCUT2D eigenvalue weighted by molar-refractivity contribution is 0.399. The number of aromatic nitrogens is 2. The molecule has 0 spiro atoms. The largest absolute Gasteiger partial charge is 0.370 e. The Morgan fingerprint density at radius 2 is 2.00 bits per heavy atom. The van der Waals surface area contributed by atoms with Crippen LogP contribution in [0.1, 0.15) is 32.5 Å². The van der Waals surface area contributed by atoms with Crippen LogP contribution >= 0.6 is 0 Å². The van der Waals surface area contributed by atoms with Crippen LogP contribution in [0.5, 0.6) is 0 Å². The number of anilines is 2. The Hall–Kier alpha value is -1.36. The number of nitrogens with one attached hydrogen (secondary N) is 2. The van der Waals surface area contributed by atoms with Crippen LogP contribution in [0, 0.1) is 5.92 Å². The smallest absolute Gasteiger partial charge is 0.132 e. The molecule has 20 heavy (non-hydrogen) atoms. The molecule has 2 N–H and O–H groups in total. The summed E-state index contributed by atoms with van der Waals surface area (Å²) in [4.78, 5) is 11.5. The second kappa shape index (κ2) is 7.43. The van der Waals surface area contributed by atoms with Crippen molar-refractivity contribution in [3.8, 4) is 0 Å². The third-order valence-electron chi connectivity index (χ3n) is 3.71. The summed E-state index contributed by atoms with van der Waals surface area (Å²) in [5, 5.41) is 6.83. The number of aryl methyl sites for hydroxylation is 1. The predicted octanol–water partition coefficient (Wildman–Crippen LogP) is 2.22. The maximum absolute atomic E-state index is 4.56. The fourth-order valence-corrected chi connectivity index (χ4v) is 2.53. The van der Waals surface area contributed by atoms with Crippen LogP contribution in [0.4, 0.5) is 11.6 Å². The topological polar surface area (TPSA) is 53.1 Å². The molecular formula is C15H27N5. The van der Waals surface area contributed by atoms with Gasteiger partial charge in [-0.15, -0.1) is 0 Å². The van der Waals surface area contributed by atoms with Crippen molar-refractivity contribution in [2.24, 2.45) is 5.92 Å². The first-order valence-electron chi connectivity index (χ1n) is 7.75. The molecule has 112 valence electrons. The van der Waals surface area contributed by atoms with Crippen molar-refractivity contribution in [3.05, 3.63) is 11.9 Å². The lowest BCUT2D eigenvalue weighted by Gasteiger charge is -2.14. The van der Waals surface area contributed by atoms with Gasteiger partial charge in [0.2, 0.25) is 0 Å². The lowest BCUT2D eigenvalue weighted by atomic mass is 10.1. The van der Waals surface area contributed by atoms with Crippen molar-refractivity contribution in [2.45, 2.75) is 33.1 Å². The monoisotopic (exact) mass is 277 g/mol. The molecule has 0 bridgehead atoms. The summed E-state index contributed by atoms with van der Waals surface area (Å²) in [6, 6.07) is 2.02. The number of rotatable bonds is 7. The molecule has 1 unspecified atom stereocenters. The van der Waals surface area contributed by atoms with E-state index in [9.17, 15) is 0 Å². The van der Waals surface area contributed by atoms with E-state index >= 15 is 0 Å². The van der Waals surface area contributed by atoms with Gasteiger partial charge in [-0.05, 0) is 32.4 Å². The minimum absolute atomic E-state index is 0.729. The molecule has 1 aliphatic rings. The van der Waals surface area contributed by atoms with Gasteiger partial charge in [-0.1, -0.05) is 13.8 Å². The fourth-order valence-electron chi connectivity index (χ4n) is 2.53. The molecule has 0 aromatic carbocycles. The van der Waals surface area contributed by atoms with Gasteiger partial charge < -0.3 is 15.5 Å². The molecule has 1 aliphatic heterocycles. The molecule has 5 heteroatoms. The first-order valence-corrected chi connectivity index (χ1v) is 7.75. The van der Waals surface area contributed by atoms with Crippen LogP contribution in [0.3, 0.4) is 0 Å². The maximum atomic E-state index is 4.56. The molecule has 1 aromatic heterocycles. The zero-order valence-corrected chi connectivity index (χ0v) is 12.9. The molecule has 0 amide bonds. The highest BCUT2D eigenvalue weighted by molar-refractivity contribution is 5.47. The molecule has 1 aromatic rings. The summed E-state index contributed by atoms with van der Waals surface area (Å²) >= 11 is 0. The van der Waals surface area contributed by atoms with E-state index in [4.69, 9.17) is 0 Å². The molecule has 2 heterocycles. The van der Waals surface area contributed by atoms with Crippen LogP contribution in [-0.4, -0.2) is 48.1 Å². The minimum Gasteiger partial charge on any atom is -0.370 e. The van der Waals surface area contributed by atoms with Gasteiger partial charge in [0.15, 0.2) is 0 Å². The Balaban J connectivity index is 1.95. The zero-order chi connectivity index (χ0) is 14.4. The third kappa shape index (κ3) is 4.34. The predicted molar refractivity (Wildman–Crippen MR) is 84.3 cm³/mol. The second-order valence-corrected chi connectivity index (χ2v) is 5.63. The van der Waals surface area contributed by atoms with Gasteiger partial charge in [0.1, 0.15) is 17.5 Å². The van der Waals surface area contributed by atoms with Crippen molar-refractivity contribution in [1.29, 1.82) is 0 Å². The average molecular weight is 277 g/mol. The van der Waals surface area contributed by atoms with E-state index in [1.165, 1.54) is 19.5 Å². The van der Waals surface area contributed by atoms with Crippen LogP contribution < -0.4 is 10.6 Å². The zero-order valence-electron chi connectivity index (χ0n) is 12.9. The summed E-state index contributed by atoms with van der Waals surface area (Å²) in [5.41, 5.74) is 0. The number of hydrogen-bond donors (Lipinski definition) is 2. The molecule has 1 saturated heterocycles. The highest BCUT2D eigenvalue weighted by Crippen LogP contribution is 2.17. The Labute approximate surface area is 122 Å². The minimum atomic E-state index is 0.729. The van der Waals surface area contributed by atoms with E-state index in [1.807, 2.05) is 6.07 Å². The summed E-state index contributed by atoms with van der Waals surface area (Å²) in [7, 11) is 2.19. The quantitative estimate of drug-likeness (QED) is 0.800. The normalized spacial score (nSPS) is 19.2. The van der Waals surface area contributed by atoms with Gasteiger partial charge >= 0.3 is 0 Å². The SMILES string of the molecule is CCCNc1cc(NCC2CCN(C)C2)nc(CC)n1.